The number of hydrogen-bond donors (Lipinski definition) is 0. The van der Waals surface area contributed by atoms with E-state index >= 15 is 0 Å². The van der Waals surface area contributed by atoms with Crippen molar-refractivity contribution in [2.75, 3.05) is 26.2 Å². The number of amides is 1. The van der Waals surface area contributed by atoms with Gasteiger partial charge in [-0.3, -0.25) is 14.7 Å². The van der Waals surface area contributed by atoms with Crippen molar-refractivity contribution in [3.63, 3.8) is 0 Å². The van der Waals surface area contributed by atoms with Crippen molar-refractivity contribution in [2.24, 2.45) is 9.98 Å². The number of halogens is 2. The number of alkyl halides is 1. The average molecular weight is 412 g/mol. The molecule has 1 saturated heterocycles. The minimum Gasteiger partial charge on any atom is -0.366 e. The van der Waals surface area contributed by atoms with Crippen molar-refractivity contribution in [2.45, 2.75) is 19.0 Å². The van der Waals surface area contributed by atoms with Crippen LogP contribution in [0, 0.1) is 24.1 Å². The van der Waals surface area contributed by atoms with Crippen LogP contribution in [0.2, 0.25) is 0 Å². The zero-order chi connectivity index (χ0) is 20.5. The van der Waals surface area contributed by atoms with Crippen LogP contribution in [0.4, 0.5) is 4.39 Å². The van der Waals surface area contributed by atoms with E-state index < -0.39 is 11.4 Å². The number of hydrogen-bond acceptors (Lipinski definition) is 5. The van der Waals surface area contributed by atoms with Crippen molar-refractivity contribution < 1.29 is 9.18 Å². The molecule has 3 aliphatic rings. The van der Waals surface area contributed by atoms with Gasteiger partial charge in [0.1, 0.15) is 28.7 Å². The van der Waals surface area contributed by atoms with Gasteiger partial charge in [-0.1, -0.05) is 29.3 Å². The molecule has 6 nitrogen and oxygen atoms in total. The third kappa shape index (κ3) is 3.86. The van der Waals surface area contributed by atoms with E-state index in [0.717, 1.165) is 5.56 Å². The summed E-state index contributed by atoms with van der Waals surface area (Å²) in [6, 6.07) is 7.11. The van der Waals surface area contributed by atoms with E-state index in [4.69, 9.17) is 11.6 Å². The van der Waals surface area contributed by atoms with Crippen LogP contribution in [0.3, 0.4) is 0 Å². The van der Waals surface area contributed by atoms with Gasteiger partial charge in [0, 0.05) is 38.3 Å². The lowest BCUT2D eigenvalue weighted by Crippen LogP contribution is -2.48. The molecule has 0 N–H and O–H groups in total. The van der Waals surface area contributed by atoms with E-state index in [0.29, 0.717) is 55.4 Å². The van der Waals surface area contributed by atoms with Crippen molar-refractivity contribution in [3.05, 3.63) is 58.6 Å². The van der Waals surface area contributed by atoms with Crippen LogP contribution in [-0.4, -0.2) is 58.8 Å². The second-order valence-corrected chi connectivity index (χ2v) is 7.65. The summed E-state index contributed by atoms with van der Waals surface area (Å²) in [4.78, 5) is 24.8. The van der Waals surface area contributed by atoms with Gasteiger partial charge in [-0.15, -0.1) is 0 Å². The molecule has 1 aromatic rings. The summed E-state index contributed by atoms with van der Waals surface area (Å²) in [5.74, 6) is -0.763. The van der Waals surface area contributed by atoms with E-state index in [1.807, 2.05) is 24.0 Å². The number of piperazine rings is 1. The molecule has 0 radical (unpaired) electrons. The Balaban J connectivity index is 1.53. The van der Waals surface area contributed by atoms with Crippen LogP contribution in [0.25, 0.3) is 0 Å². The van der Waals surface area contributed by atoms with Crippen LogP contribution in [-0.2, 0) is 11.3 Å². The van der Waals surface area contributed by atoms with Gasteiger partial charge < -0.3 is 4.90 Å². The molecule has 1 fully saturated rings. The Morgan fingerprint density at radius 2 is 2.07 bits per heavy atom. The van der Waals surface area contributed by atoms with Crippen LogP contribution < -0.4 is 0 Å². The van der Waals surface area contributed by atoms with Crippen molar-refractivity contribution in [1.29, 1.82) is 5.26 Å². The van der Waals surface area contributed by atoms with Crippen molar-refractivity contribution >= 4 is 28.9 Å². The highest BCUT2D eigenvalue weighted by Crippen LogP contribution is 2.25. The molecule has 3 aliphatic heterocycles. The number of benzene rings is 1. The molecule has 0 bridgehead atoms. The number of rotatable bonds is 3. The van der Waals surface area contributed by atoms with E-state index in [-0.39, 0.29) is 11.4 Å². The topological polar surface area (TPSA) is 72.1 Å². The second-order valence-electron chi connectivity index (χ2n) is 7.21. The van der Waals surface area contributed by atoms with Gasteiger partial charge in [-0.05, 0) is 25.1 Å². The summed E-state index contributed by atoms with van der Waals surface area (Å²) in [5, 5.41) is 9.54. The Bertz CT molecular complexity index is 1030. The monoisotopic (exact) mass is 411 g/mol. The van der Waals surface area contributed by atoms with Crippen LogP contribution >= 0.6 is 11.6 Å². The summed E-state index contributed by atoms with van der Waals surface area (Å²) in [6.07, 6.45) is 3.32. The van der Waals surface area contributed by atoms with Gasteiger partial charge >= 0.3 is 0 Å². The number of nitrogens with zero attached hydrogens (tertiary/aromatic N) is 5. The van der Waals surface area contributed by atoms with Gasteiger partial charge in [-0.25, -0.2) is 9.38 Å². The summed E-state index contributed by atoms with van der Waals surface area (Å²) < 4.78 is 14.1. The number of carbonyl (C=O) groups is 1. The van der Waals surface area contributed by atoms with E-state index in [2.05, 4.69) is 14.9 Å². The number of carbonyl (C=O) groups excluding carboxylic acids is 1. The molecule has 0 aliphatic carbocycles. The SMILES string of the molecule is Cc1ccc(F)c(CN2CCN(C3=C(C#N)C(=O)N=C4C=CC(Cl)N=C43)CC2)c1. The fourth-order valence-electron chi connectivity index (χ4n) is 3.74. The standard InChI is InChI=1S/C21H19ClFN5O/c1-13-2-3-16(23)14(10-13)12-27-6-8-28(9-7-27)20-15(11-24)21(29)25-17-4-5-18(22)26-19(17)20/h2-5,10,18H,6-9,12H2,1H3. The van der Waals surface area contributed by atoms with Gasteiger partial charge in [0.2, 0.25) is 0 Å². The minimum atomic E-state index is -0.558. The van der Waals surface area contributed by atoms with E-state index in [9.17, 15) is 14.4 Å². The number of nitriles is 1. The largest absolute Gasteiger partial charge is 0.366 e. The van der Waals surface area contributed by atoms with Gasteiger partial charge in [0.25, 0.3) is 5.91 Å². The summed E-state index contributed by atoms with van der Waals surface area (Å²) in [6.45, 7) is 4.98. The first-order valence-electron chi connectivity index (χ1n) is 9.37. The fraction of sp³-hybridized carbons (Fsp3) is 0.333. The normalized spacial score (nSPS) is 22.2. The highest BCUT2D eigenvalue weighted by molar-refractivity contribution is 6.56. The highest BCUT2D eigenvalue weighted by Gasteiger charge is 2.34. The Kier molecular flexibility index (Phi) is 5.31. The fourth-order valence-corrected chi connectivity index (χ4v) is 3.91. The molecule has 148 valence electrons. The summed E-state index contributed by atoms with van der Waals surface area (Å²) in [5.41, 5.74) is 2.55. The molecule has 0 spiro atoms. The maximum absolute atomic E-state index is 14.1. The number of fused-ring (bicyclic) bond motifs is 1. The van der Waals surface area contributed by atoms with E-state index in [1.165, 1.54) is 6.07 Å². The van der Waals surface area contributed by atoms with Crippen LogP contribution in [0.5, 0.6) is 0 Å². The smallest absolute Gasteiger partial charge is 0.290 e. The first-order valence-corrected chi connectivity index (χ1v) is 9.80. The molecular weight excluding hydrogens is 393 g/mol. The quantitative estimate of drug-likeness (QED) is 0.566. The molecule has 3 heterocycles. The molecule has 1 unspecified atom stereocenters. The minimum absolute atomic E-state index is 0.00940. The Labute approximate surface area is 173 Å². The number of aryl methyl sites for hydroxylation is 1. The molecule has 1 atom stereocenters. The lowest BCUT2D eigenvalue weighted by molar-refractivity contribution is -0.114. The predicted octanol–water partition coefficient (Wildman–Crippen LogP) is 2.59. The highest BCUT2D eigenvalue weighted by atomic mass is 35.5. The van der Waals surface area contributed by atoms with Crippen LogP contribution in [0.15, 0.2) is 51.6 Å². The molecule has 8 heteroatoms. The predicted molar refractivity (Wildman–Crippen MR) is 109 cm³/mol. The first kappa shape index (κ1) is 19.5. The van der Waals surface area contributed by atoms with Gasteiger partial charge in [0.15, 0.2) is 0 Å². The molecule has 29 heavy (non-hydrogen) atoms. The summed E-state index contributed by atoms with van der Waals surface area (Å²) >= 11 is 6.13. The second kappa shape index (κ2) is 7.90. The molecule has 0 aromatic heterocycles. The van der Waals surface area contributed by atoms with E-state index in [1.54, 1.807) is 18.2 Å². The third-order valence-corrected chi connectivity index (χ3v) is 5.44. The lowest BCUT2D eigenvalue weighted by atomic mass is 9.98. The van der Waals surface area contributed by atoms with Gasteiger partial charge in [-0.2, -0.15) is 5.26 Å². The average Bonchev–Trinajstić information content (AvgIpc) is 2.71. The maximum atomic E-state index is 14.1. The Morgan fingerprint density at radius 1 is 1.31 bits per heavy atom. The Hall–Kier alpha value is -2.82. The zero-order valence-corrected chi connectivity index (χ0v) is 16.7. The first-order chi connectivity index (χ1) is 14.0. The molecular formula is C21H19ClFN5O. The van der Waals surface area contributed by atoms with Crippen molar-refractivity contribution in [3.8, 4) is 6.07 Å². The molecule has 1 aromatic carbocycles. The molecule has 0 saturated carbocycles. The lowest BCUT2D eigenvalue weighted by Gasteiger charge is -2.38. The number of aliphatic imine (C=N–C) groups is 2. The van der Waals surface area contributed by atoms with Crippen molar-refractivity contribution in [1.82, 2.24) is 9.80 Å². The third-order valence-electron chi connectivity index (χ3n) is 5.20. The maximum Gasteiger partial charge on any atom is 0.290 e. The summed E-state index contributed by atoms with van der Waals surface area (Å²) in [7, 11) is 0. The number of allylic oxidation sites excluding steroid dienone is 2. The van der Waals surface area contributed by atoms with Crippen LogP contribution in [0.1, 0.15) is 11.1 Å². The number of dihydropyridines is 2. The molecule has 1 amide bonds. The Morgan fingerprint density at radius 3 is 2.79 bits per heavy atom. The zero-order valence-electron chi connectivity index (χ0n) is 15.9. The molecule has 4 rings (SSSR count). The van der Waals surface area contributed by atoms with Gasteiger partial charge in [0.05, 0.1) is 11.4 Å².